The fourth-order valence-electron chi connectivity index (χ4n) is 4.33. The Balaban J connectivity index is 1.57. The van der Waals surface area contributed by atoms with Gasteiger partial charge in [0.05, 0.1) is 12.7 Å². The summed E-state index contributed by atoms with van der Waals surface area (Å²) in [4.78, 5) is 16.1. The molecule has 0 bridgehead atoms. The fraction of sp³-hybridized carbons (Fsp3) is 0.526. The van der Waals surface area contributed by atoms with Gasteiger partial charge in [-0.1, -0.05) is 11.6 Å². The minimum atomic E-state index is -0.0298. The summed E-state index contributed by atoms with van der Waals surface area (Å²) in [5, 5.41) is 4.34. The highest BCUT2D eigenvalue weighted by atomic mass is 16.5. The summed E-state index contributed by atoms with van der Waals surface area (Å²) in [6, 6.07) is 6.35. The van der Waals surface area contributed by atoms with E-state index in [1.54, 1.807) is 7.11 Å². The number of benzene rings is 1. The minimum Gasteiger partial charge on any atom is -0.384 e. The lowest BCUT2D eigenvalue weighted by molar-refractivity contribution is -0.0810. The lowest BCUT2D eigenvalue weighted by atomic mass is 9.67. The van der Waals surface area contributed by atoms with Crippen LogP contribution >= 0.6 is 0 Å². The summed E-state index contributed by atoms with van der Waals surface area (Å²) < 4.78 is 11.1. The van der Waals surface area contributed by atoms with Crippen LogP contribution < -0.4 is 5.32 Å². The number of ether oxygens (including phenoxy) is 2. The maximum atomic E-state index is 12.8. The monoisotopic (exact) mass is 328 g/mol. The number of fused-ring (bicyclic) bond motifs is 2. The van der Waals surface area contributed by atoms with Crippen LogP contribution in [-0.4, -0.2) is 43.4 Å². The van der Waals surface area contributed by atoms with Gasteiger partial charge in [0.25, 0.3) is 5.91 Å². The van der Waals surface area contributed by atoms with E-state index in [-0.39, 0.29) is 24.0 Å². The van der Waals surface area contributed by atoms with Gasteiger partial charge in [-0.3, -0.25) is 4.79 Å². The topological polar surface area (TPSA) is 63.3 Å². The van der Waals surface area contributed by atoms with Crippen molar-refractivity contribution in [2.75, 3.05) is 20.3 Å². The molecule has 1 aromatic carbocycles. The Bertz CT molecular complexity index is 782. The number of aryl methyl sites for hydroxylation is 2. The minimum absolute atomic E-state index is 0.0298. The van der Waals surface area contributed by atoms with Crippen molar-refractivity contribution in [2.24, 2.45) is 11.8 Å². The van der Waals surface area contributed by atoms with Gasteiger partial charge >= 0.3 is 0 Å². The Hall–Kier alpha value is -1.85. The molecule has 1 saturated carbocycles. The van der Waals surface area contributed by atoms with Crippen LogP contribution in [0.4, 0.5) is 0 Å². The van der Waals surface area contributed by atoms with E-state index in [2.05, 4.69) is 29.4 Å². The number of carbonyl (C=O) groups is 1. The zero-order valence-corrected chi connectivity index (χ0v) is 14.4. The molecule has 2 aliphatic rings. The highest BCUT2D eigenvalue weighted by Gasteiger charge is 2.54. The molecule has 4 atom stereocenters. The molecule has 4 rings (SSSR count). The van der Waals surface area contributed by atoms with Crippen molar-refractivity contribution in [1.29, 1.82) is 0 Å². The van der Waals surface area contributed by atoms with Crippen LogP contribution in [0.15, 0.2) is 18.2 Å². The average molecular weight is 328 g/mol. The van der Waals surface area contributed by atoms with Crippen molar-refractivity contribution in [3.8, 4) is 0 Å². The Morgan fingerprint density at radius 2 is 2.25 bits per heavy atom. The standard InChI is InChI=1S/C19H24N2O3/c1-10-4-5-15-13(8-10)11(2)16(20-15)19(22)21-17-12-6-7-24-18(12)14(17)9-23-3/h4-5,8,12,14,17-18,20H,6-7,9H2,1-3H3,(H,21,22)/t12-,14+,17+,18-/m1/s1. The van der Waals surface area contributed by atoms with Gasteiger partial charge in [0.1, 0.15) is 5.69 Å². The molecule has 1 aliphatic carbocycles. The van der Waals surface area contributed by atoms with E-state index >= 15 is 0 Å². The molecule has 1 saturated heterocycles. The van der Waals surface area contributed by atoms with E-state index in [0.717, 1.165) is 29.5 Å². The summed E-state index contributed by atoms with van der Waals surface area (Å²) in [6.07, 6.45) is 1.25. The van der Waals surface area contributed by atoms with Gasteiger partial charge in [0.15, 0.2) is 0 Å². The summed E-state index contributed by atoms with van der Waals surface area (Å²) in [5.41, 5.74) is 3.87. The Morgan fingerprint density at radius 3 is 3.04 bits per heavy atom. The van der Waals surface area contributed by atoms with Crippen LogP contribution in [0.25, 0.3) is 10.9 Å². The van der Waals surface area contributed by atoms with Crippen LogP contribution in [-0.2, 0) is 9.47 Å². The van der Waals surface area contributed by atoms with Crippen molar-refractivity contribution >= 4 is 16.8 Å². The molecule has 24 heavy (non-hydrogen) atoms. The third-order valence-electron chi connectivity index (χ3n) is 5.63. The zero-order valence-electron chi connectivity index (χ0n) is 14.4. The van der Waals surface area contributed by atoms with Gasteiger partial charge in [-0.05, 0) is 38.0 Å². The van der Waals surface area contributed by atoms with Gasteiger partial charge in [-0.25, -0.2) is 0 Å². The van der Waals surface area contributed by atoms with Crippen molar-refractivity contribution in [3.63, 3.8) is 0 Å². The molecule has 0 radical (unpaired) electrons. The van der Waals surface area contributed by atoms with Gasteiger partial charge in [-0.2, -0.15) is 0 Å². The van der Waals surface area contributed by atoms with E-state index < -0.39 is 0 Å². The smallest absolute Gasteiger partial charge is 0.268 e. The molecular weight excluding hydrogens is 304 g/mol. The Kier molecular flexibility index (Phi) is 3.85. The quantitative estimate of drug-likeness (QED) is 0.907. The average Bonchev–Trinajstić information content (AvgIpc) is 3.13. The predicted octanol–water partition coefficient (Wildman–Crippen LogP) is 2.56. The molecule has 1 amide bonds. The molecule has 2 N–H and O–H groups in total. The van der Waals surface area contributed by atoms with Crippen LogP contribution in [0.2, 0.25) is 0 Å². The lowest BCUT2D eigenvalue weighted by Crippen LogP contribution is -2.62. The fourth-order valence-corrected chi connectivity index (χ4v) is 4.33. The van der Waals surface area contributed by atoms with Crippen LogP contribution in [0, 0.1) is 25.7 Å². The van der Waals surface area contributed by atoms with Crippen LogP contribution in [0.1, 0.15) is 28.0 Å². The summed E-state index contributed by atoms with van der Waals surface area (Å²) in [6.45, 7) is 5.47. The molecule has 5 heteroatoms. The highest BCUT2D eigenvalue weighted by molar-refractivity contribution is 6.01. The first-order valence-electron chi connectivity index (χ1n) is 8.60. The summed E-state index contributed by atoms with van der Waals surface area (Å²) in [5.74, 6) is 0.636. The van der Waals surface area contributed by atoms with Gasteiger partial charge in [-0.15, -0.1) is 0 Å². The third-order valence-corrected chi connectivity index (χ3v) is 5.63. The zero-order chi connectivity index (χ0) is 16.8. The predicted molar refractivity (Wildman–Crippen MR) is 92.2 cm³/mol. The largest absolute Gasteiger partial charge is 0.384 e. The van der Waals surface area contributed by atoms with E-state index in [9.17, 15) is 4.79 Å². The van der Waals surface area contributed by atoms with E-state index in [1.807, 2.05) is 13.0 Å². The number of rotatable bonds is 4. The molecule has 0 unspecified atom stereocenters. The second kappa shape index (κ2) is 5.90. The molecule has 2 aromatic rings. The molecule has 2 heterocycles. The number of nitrogens with one attached hydrogen (secondary N) is 2. The first-order chi connectivity index (χ1) is 11.6. The van der Waals surface area contributed by atoms with Crippen molar-refractivity contribution in [3.05, 3.63) is 35.0 Å². The SMILES string of the molecule is COC[C@H]1[C@@H](NC(=O)c2[nH]c3ccc(C)cc3c2C)[C@H]2CCO[C@H]21. The van der Waals surface area contributed by atoms with Crippen molar-refractivity contribution < 1.29 is 14.3 Å². The number of aromatic amines is 1. The van der Waals surface area contributed by atoms with Gasteiger partial charge in [0.2, 0.25) is 0 Å². The number of aromatic nitrogens is 1. The highest BCUT2D eigenvalue weighted by Crippen LogP contribution is 2.43. The molecule has 1 aliphatic heterocycles. The number of hydrogen-bond acceptors (Lipinski definition) is 3. The second-order valence-corrected chi connectivity index (χ2v) is 7.08. The lowest BCUT2D eigenvalue weighted by Gasteiger charge is -2.47. The maximum Gasteiger partial charge on any atom is 0.268 e. The summed E-state index contributed by atoms with van der Waals surface area (Å²) in [7, 11) is 1.70. The van der Waals surface area contributed by atoms with Gasteiger partial charge in [0, 0.05) is 42.5 Å². The van der Waals surface area contributed by atoms with Crippen molar-refractivity contribution in [2.45, 2.75) is 32.4 Å². The number of H-pyrrole nitrogens is 1. The number of amides is 1. The molecule has 1 aromatic heterocycles. The van der Waals surface area contributed by atoms with E-state index in [0.29, 0.717) is 18.2 Å². The molecule has 5 nitrogen and oxygen atoms in total. The maximum absolute atomic E-state index is 12.8. The second-order valence-electron chi connectivity index (χ2n) is 7.08. The third kappa shape index (κ3) is 2.34. The van der Waals surface area contributed by atoms with Crippen LogP contribution in [0.3, 0.4) is 0 Å². The molecule has 0 spiro atoms. The van der Waals surface area contributed by atoms with Crippen LogP contribution in [0.5, 0.6) is 0 Å². The first kappa shape index (κ1) is 15.7. The van der Waals surface area contributed by atoms with E-state index in [4.69, 9.17) is 9.47 Å². The number of methoxy groups -OCH3 is 1. The Labute approximate surface area is 141 Å². The Morgan fingerprint density at radius 1 is 1.42 bits per heavy atom. The van der Waals surface area contributed by atoms with Gasteiger partial charge < -0.3 is 19.8 Å². The van der Waals surface area contributed by atoms with Crippen molar-refractivity contribution in [1.82, 2.24) is 10.3 Å². The van der Waals surface area contributed by atoms with E-state index in [1.165, 1.54) is 5.56 Å². The normalized spacial score (nSPS) is 28.6. The molecular formula is C19H24N2O3. The molecule has 2 fully saturated rings. The summed E-state index contributed by atoms with van der Waals surface area (Å²) >= 11 is 0. The number of carbonyl (C=O) groups excluding carboxylic acids is 1. The number of hydrogen-bond donors (Lipinski definition) is 2. The first-order valence-corrected chi connectivity index (χ1v) is 8.60. The molecule has 128 valence electrons.